The Balaban J connectivity index is 1.45. The molecule has 1 N–H and O–H groups in total. The van der Waals surface area contributed by atoms with Gasteiger partial charge in [-0.1, -0.05) is 0 Å². The van der Waals surface area contributed by atoms with Crippen LogP contribution < -0.4 is 10.2 Å². The molecule has 2 atom stereocenters. The summed E-state index contributed by atoms with van der Waals surface area (Å²) in [5, 5.41) is 11.9. The van der Waals surface area contributed by atoms with Crippen molar-refractivity contribution in [1.82, 2.24) is 10.2 Å². The smallest absolute Gasteiger partial charge is 0.372 e. The molecule has 2 aliphatic heterocycles. The fraction of sp³-hybridized carbons (Fsp3) is 0.625. The van der Waals surface area contributed by atoms with Crippen LogP contribution in [-0.2, 0) is 15.8 Å². The van der Waals surface area contributed by atoms with E-state index in [0.717, 1.165) is 31.7 Å². The van der Waals surface area contributed by atoms with Crippen molar-refractivity contribution in [2.24, 2.45) is 23.7 Å². The highest BCUT2D eigenvalue weighted by Crippen LogP contribution is 2.40. The van der Waals surface area contributed by atoms with Gasteiger partial charge in [-0.2, -0.15) is 18.4 Å². The first-order valence-corrected chi connectivity index (χ1v) is 11.7. The summed E-state index contributed by atoms with van der Waals surface area (Å²) in [6, 6.07) is 5.47. The number of carbonyl (C=O) groups is 2. The van der Waals surface area contributed by atoms with Gasteiger partial charge in [-0.15, -0.1) is 0 Å². The van der Waals surface area contributed by atoms with Crippen LogP contribution in [0.5, 0.6) is 0 Å². The number of nitriles is 1. The predicted molar refractivity (Wildman–Crippen MR) is 116 cm³/mol. The molecule has 1 aliphatic carbocycles. The number of likely N-dealkylation sites (tertiary alicyclic amines) is 1. The molecular weight excluding hydrogens is 433 g/mol. The monoisotopic (exact) mass is 462 g/mol. The van der Waals surface area contributed by atoms with Gasteiger partial charge in [-0.05, 0) is 62.6 Å². The summed E-state index contributed by atoms with van der Waals surface area (Å²) in [6.07, 6.45) is -1.25. The van der Waals surface area contributed by atoms with Crippen LogP contribution in [0.15, 0.2) is 18.2 Å². The molecule has 1 saturated carbocycles. The van der Waals surface area contributed by atoms with E-state index < -0.39 is 11.7 Å². The lowest BCUT2D eigenvalue weighted by molar-refractivity contribution is -0.137. The Morgan fingerprint density at radius 1 is 1.15 bits per heavy atom. The van der Waals surface area contributed by atoms with E-state index in [1.54, 1.807) is 12.1 Å². The molecule has 1 aromatic carbocycles. The molecule has 9 heteroatoms. The van der Waals surface area contributed by atoms with E-state index in [0.29, 0.717) is 38.4 Å². The molecule has 33 heavy (non-hydrogen) atoms. The maximum Gasteiger partial charge on any atom is 0.417 e. The van der Waals surface area contributed by atoms with Gasteiger partial charge in [-0.3, -0.25) is 9.59 Å². The number of rotatable bonds is 5. The zero-order valence-corrected chi connectivity index (χ0v) is 18.7. The van der Waals surface area contributed by atoms with Crippen molar-refractivity contribution in [3.05, 3.63) is 29.3 Å². The fourth-order valence-corrected chi connectivity index (χ4v) is 5.30. The second-order valence-corrected chi connectivity index (χ2v) is 9.35. The third kappa shape index (κ3) is 4.94. The second kappa shape index (κ2) is 9.24. The number of piperidine rings is 1. The number of nitrogens with zero attached hydrogens (tertiary/aromatic N) is 3. The van der Waals surface area contributed by atoms with Crippen molar-refractivity contribution < 1.29 is 22.8 Å². The summed E-state index contributed by atoms with van der Waals surface area (Å²) >= 11 is 0. The first kappa shape index (κ1) is 23.4. The van der Waals surface area contributed by atoms with Crippen LogP contribution in [0, 0.1) is 35.0 Å². The molecule has 2 saturated heterocycles. The summed E-state index contributed by atoms with van der Waals surface area (Å²) in [5.41, 5.74) is -0.833. The van der Waals surface area contributed by atoms with E-state index in [1.807, 2.05) is 16.7 Å². The largest absolute Gasteiger partial charge is 0.417 e. The van der Waals surface area contributed by atoms with Crippen LogP contribution in [0.3, 0.4) is 0 Å². The SMILES string of the molecule is CCNC(=O)[C@@H]1CN(C(=O)C2CC2)C[C@H]1C1CCN(c2ccc(C#N)c(C(F)(F)F)c2)CC1. The molecule has 0 radical (unpaired) electrons. The van der Waals surface area contributed by atoms with E-state index in [4.69, 9.17) is 5.26 Å². The molecular formula is C24H29F3N4O2. The third-order valence-electron chi connectivity index (χ3n) is 7.23. The number of hydrogen-bond donors (Lipinski definition) is 1. The molecule has 3 aliphatic rings. The van der Waals surface area contributed by atoms with Crippen molar-refractivity contribution in [3.63, 3.8) is 0 Å². The lowest BCUT2D eigenvalue weighted by Gasteiger charge is -2.37. The lowest BCUT2D eigenvalue weighted by Crippen LogP contribution is -2.41. The average molecular weight is 463 g/mol. The van der Waals surface area contributed by atoms with Crippen LogP contribution in [0.25, 0.3) is 0 Å². The van der Waals surface area contributed by atoms with Gasteiger partial charge in [0.2, 0.25) is 11.8 Å². The second-order valence-electron chi connectivity index (χ2n) is 9.35. The first-order chi connectivity index (χ1) is 15.7. The Labute approximate surface area is 191 Å². The Morgan fingerprint density at radius 2 is 1.85 bits per heavy atom. The highest BCUT2D eigenvalue weighted by Gasteiger charge is 2.46. The maximum absolute atomic E-state index is 13.4. The van der Waals surface area contributed by atoms with E-state index in [-0.39, 0.29) is 41.0 Å². The quantitative estimate of drug-likeness (QED) is 0.728. The van der Waals surface area contributed by atoms with Crippen molar-refractivity contribution in [2.45, 2.75) is 38.8 Å². The van der Waals surface area contributed by atoms with Crippen LogP contribution in [0.2, 0.25) is 0 Å². The Kier molecular flexibility index (Phi) is 6.55. The van der Waals surface area contributed by atoms with E-state index >= 15 is 0 Å². The number of carbonyl (C=O) groups excluding carboxylic acids is 2. The summed E-state index contributed by atoms with van der Waals surface area (Å²) in [7, 11) is 0. The number of hydrogen-bond acceptors (Lipinski definition) is 4. The summed E-state index contributed by atoms with van der Waals surface area (Å²) in [5.74, 6) is 0.300. The number of alkyl halides is 3. The Bertz CT molecular complexity index is 946. The molecule has 0 spiro atoms. The van der Waals surface area contributed by atoms with Gasteiger partial charge in [-0.25, -0.2) is 0 Å². The zero-order chi connectivity index (χ0) is 23.8. The molecule has 0 aromatic heterocycles. The lowest BCUT2D eigenvalue weighted by atomic mass is 9.78. The summed E-state index contributed by atoms with van der Waals surface area (Å²) in [6.45, 7) is 4.59. The number of anilines is 1. The summed E-state index contributed by atoms with van der Waals surface area (Å²) in [4.78, 5) is 29.1. The van der Waals surface area contributed by atoms with Crippen molar-refractivity contribution in [2.75, 3.05) is 37.6 Å². The van der Waals surface area contributed by atoms with Crippen molar-refractivity contribution >= 4 is 17.5 Å². The summed E-state index contributed by atoms with van der Waals surface area (Å²) < 4.78 is 40.1. The van der Waals surface area contributed by atoms with Crippen LogP contribution in [0.4, 0.5) is 18.9 Å². The van der Waals surface area contributed by atoms with Gasteiger partial charge in [0.15, 0.2) is 0 Å². The van der Waals surface area contributed by atoms with Crippen LogP contribution >= 0.6 is 0 Å². The molecule has 0 bridgehead atoms. The van der Waals surface area contributed by atoms with Gasteiger partial charge in [0.05, 0.1) is 23.1 Å². The van der Waals surface area contributed by atoms with Gasteiger partial charge in [0.25, 0.3) is 0 Å². The molecule has 178 valence electrons. The molecule has 6 nitrogen and oxygen atoms in total. The maximum atomic E-state index is 13.4. The molecule has 0 unspecified atom stereocenters. The molecule has 1 aromatic rings. The van der Waals surface area contributed by atoms with Gasteiger partial charge in [0.1, 0.15) is 0 Å². The number of nitrogens with one attached hydrogen (secondary N) is 1. The minimum absolute atomic E-state index is 0.0158. The van der Waals surface area contributed by atoms with Gasteiger partial charge >= 0.3 is 6.18 Å². The van der Waals surface area contributed by atoms with E-state index in [2.05, 4.69) is 5.32 Å². The minimum atomic E-state index is -4.58. The highest BCUT2D eigenvalue weighted by molar-refractivity contribution is 5.84. The average Bonchev–Trinajstić information content (AvgIpc) is 3.55. The standard InChI is InChI=1S/C24H29F3N4O2/c1-2-29-22(32)20-14-31(23(33)16-3-4-16)13-19(20)15-7-9-30(10-8-15)18-6-5-17(12-28)21(11-18)24(25,26)27/h5-6,11,15-16,19-20H,2-4,7-10,13-14H2,1H3,(H,29,32)/t19-,20+/m0/s1. The number of benzene rings is 1. The third-order valence-corrected chi connectivity index (χ3v) is 7.23. The van der Waals surface area contributed by atoms with E-state index in [9.17, 15) is 22.8 Å². The van der Waals surface area contributed by atoms with Crippen molar-refractivity contribution in [3.8, 4) is 6.07 Å². The van der Waals surface area contributed by atoms with Crippen LogP contribution in [-0.4, -0.2) is 49.4 Å². The van der Waals surface area contributed by atoms with Gasteiger partial charge in [0, 0.05) is 44.3 Å². The molecule has 4 rings (SSSR count). The zero-order valence-electron chi connectivity index (χ0n) is 18.7. The molecule has 2 amide bonds. The van der Waals surface area contributed by atoms with Crippen LogP contribution in [0.1, 0.15) is 43.7 Å². The van der Waals surface area contributed by atoms with E-state index in [1.165, 1.54) is 6.07 Å². The predicted octanol–water partition coefficient (Wildman–Crippen LogP) is 3.41. The topological polar surface area (TPSA) is 76.4 Å². The normalized spacial score (nSPS) is 24.0. The fourth-order valence-electron chi connectivity index (χ4n) is 5.30. The highest BCUT2D eigenvalue weighted by atomic mass is 19.4. The Hall–Kier alpha value is -2.76. The first-order valence-electron chi connectivity index (χ1n) is 11.7. The van der Waals surface area contributed by atoms with Gasteiger partial charge < -0.3 is 15.1 Å². The molecule has 2 heterocycles. The van der Waals surface area contributed by atoms with Crippen molar-refractivity contribution in [1.29, 1.82) is 5.26 Å². The minimum Gasteiger partial charge on any atom is -0.372 e. The number of halogens is 3. The number of amides is 2. The Morgan fingerprint density at radius 3 is 2.42 bits per heavy atom. The molecule has 3 fully saturated rings.